The highest BCUT2D eigenvalue weighted by molar-refractivity contribution is 5.77. The van der Waals surface area contributed by atoms with Gasteiger partial charge in [0.25, 0.3) is 0 Å². The summed E-state index contributed by atoms with van der Waals surface area (Å²) in [5.74, 6) is 0. The highest BCUT2D eigenvalue weighted by Gasteiger charge is 2.25. The van der Waals surface area contributed by atoms with Crippen LogP contribution in [0.5, 0.6) is 0 Å². The van der Waals surface area contributed by atoms with Crippen LogP contribution in [0.3, 0.4) is 0 Å². The largest absolute Gasteiger partial charge is 0.393 e. The van der Waals surface area contributed by atoms with Crippen molar-refractivity contribution in [1.82, 2.24) is 14.6 Å². The molecule has 6 heteroatoms. The number of aliphatic imine (C=N–C) groups is 1. The van der Waals surface area contributed by atoms with Gasteiger partial charge >= 0.3 is 0 Å². The van der Waals surface area contributed by atoms with E-state index in [1.165, 1.54) is 10.7 Å². The summed E-state index contributed by atoms with van der Waals surface area (Å²) in [7, 11) is 0. The van der Waals surface area contributed by atoms with Gasteiger partial charge in [-0.25, -0.2) is 9.50 Å². The quantitative estimate of drug-likeness (QED) is 0.777. The van der Waals surface area contributed by atoms with Crippen LogP contribution < -0.4 is 0 Å². The molecule has 0 aromatic carbocycles. The molecule has 0 radical (unpaired) electrons. The SMILES string of the molecule is N#Cc1cnc2ccc(/C=N/[C@H]3C[C@@H](O)C3)nn12. The third-order valence-corrected chi connectivity index (χ3v) is 3.00. The minimum Gasteiger partial charge on any atom is -0.393 e. The van der Waals surface area contributed by atoms with Gasteiger partial charge in [-0.1, -0.05) is 0 Å². The molecule has 0 saturated heterocycles. The van der Waals surface area contributed by atoms with Crippen molar-refractivity contribution in [3.63, 3.8) is 0 Å². The molecule has 1 aliphatic carbocycles. The topological polar surface area (TPSA) is 86.6 Å². The third kappa shape index (κ3) is 1.85. The highest BCUT2D eigenvalue weighted by Crippen LogP contribution is 2.22. The number of fused-ring (bicyclic) bond motifs is 1. The maximum Gasteiger partial charge on any atom is 0.162 e. The first-order valence-electron chi connectivity index (χ1n) is 5.72. The average Bonchev–Trinajstić information content (AvgIpc) is 2.75. The van der Waals surface area contributed by atoms with Gasteiger partial charge < -0.3 is 5.11 Å². The molecule has 0 atom stereocenters. The maximum absolute atomic E-state index is 9.16. The normalized spacial score (nSPS) is 23.1. The second-order valence-corrected chi connectivity index (χ2v) is 4.34. The number of imidazole rings is 1. The summed E-state index contributed by atoms with van der Waals surface area (Å²) in [5, 5.41) is 22.3. The molecule has 0 bridgehead atoms. The van der Waals surface area contributed by atoms with Crippen LogP contribution in [0.15, 0.2) is 23.3 Å². The Bertz CT molecular complexity index is 648. The molecular formula is C12H11N5O. The first kappa shape index (κ1) is 10.9. The van der Waals surface area contributed by atoms with Gasteiger partial charge in [0.15, 0.2) is 11.3 Å². The fourth-order valence-electron chi connectivity index (χ4n) is 1.90. The lowest BCUT2D eigenvalue weighted by Crippen LogP contribution is -2.31. The zero-order valence-corrected chi connectivity index (χ0v) is 9.56. The number of hydrogen-bond acceptors (Lipinski definition) is 5. The van der Waals surface area contributed by atoms with Crippen LogP contribution in [-0.4, -0.2) is 38.1 Å². The molecule has 1 fully saturated rings. The summed E-state index contributed by atoms with van der Waals surface area (Å²) in [6, 6.07) is 5.83. The molecule has 3 rings (SSSR count). The molecule has 1 aliphatic rings. The van der Waals surface area contributed by atoms with Gasteiger partial charge in [-0.15, -0.1) is 0 Å². The van der Waals surface area contributed by atoms with Crippen molar-refractivity contribution in [2.24, 2.45) is 4.99 Å². The molecule has 1 saturated carbocycles. The molecule has 0 amide bonds. The minimum atomic E-state index is -0.207. The number of nitriles is 1. The number of nitrogens with zero attached hydrogens (tertiary/aromatic N) is 5. The highest BCUT2D eigenvalue weighted by atomic mass is 16.3. The molecule has 2 aromatic heterocycles. The number of aliphatic hydroxyl groups is 1. The van der Waals surface area contributed by atoms with Crippen molar-refractivity contribution >= 4 is 11.9 Å². The Morgan fingerprint density at radius 2 is 2.33 bits per heavy atom. The Labute approximate surface area is 103 Å². The summed E-state index contributed by atoms with van der Waals surface area (Å²) < 4.78 is 1.50. The molecule has 1 N–H and O–H groups in total. The van der Waals surface area contributed by atoms with Gasteiger partial charge in [0, 0.05) is 6.21 Å². The molecule has 6 nitrogen and oxygen atoms in total. The van der Waals surface area contributed by atoms with E-state index in [1.54, 1.807) is 12.3 Å². The fourth-order valence-corrected chi connectivity index (χ4v) is 1.90. The van der Waals surface area contributed by atoms with Gasteiger partial charge in [0.1, 0.15) is 11.8 Å². The Morgan fingerprint density at radius 3 is 3.06 bits per heavy atom. The Kier molecular flexibility index (Phi) is 2.54. The van der Waals surface area contributed by atoms with Crippen molar-refractivity contribution in [3.05, 3.63) is 29.7 Å². The van der Waals surface area contributed by atoms with Crippen molar-refractivity contribution in [3.8, 4) is 6.07 Å². The zero-order chi connectivity index (χ0) is 12.5. The van der Waals surface area contributed by atoms with E-state index in [2.05, 4.69) is 15.1 Å². The summed E-state index contributed by atoms with van der Waals surface area (Å²) in [5.41, 5.74) is 1.72. The van der Waals surface area contributed by atoms with Crippen molar-refractivity contribution in [1.29, 1.82) is 5.26 Å². The molecule has 0 spiro atoms. The van der Waals surface area contributed by atoms with Crippen LogP contribution in [0.4, 0.5) is 0 Å². The Morgan fingerprint density at radius 1 is 1.50 bits per heavy atom. The van der Waals surface area contributed by atoms with E-state index in [-0.39, 0.29) is 12.1 Å². The molecule has 2 heterocycles. The number of aromatic nitrogens is 3. The lowest BCUT2D eigenvalue weighted by atomic mass is 9.90. The van der Waals surface area contributed by atoms with Crippen LogP contribution in [-0.2, 0) is 0 Å². The Hall–Kier alpha value is -2.26. The lowest BCUT2D eigenvalue weighted by molar-refractivity contribution is 0.0780. The van der Waals surface area contributed by atoms with E-state index in [0.717, 1.165) is 0 Å². The summed E-state index contributed by atoms with van der Waals surface area (Å²) >= 11 is 0. The minimum absolute atomic E-state index is 0.190. The van der Waals surface area contributed by atoms with Crippen molar-refractivity contribution in [2.45, 2.75) is 25.0 Å². The predicted molar refractivity (Wildman–Crippen MR) is 64.3 cm³/mol. The zero-order valence-electron chi connectivity index (χ0n) is 9.56. The van der Waals surface area contributed by atoms with E-state index in [1.807, 2.05) is 12.1 Å². The van der Waals surface area contributed by atoms with Gasteiger partial charge in [-0.3, -0.25) is 4.99 Å². The van der Waals surface area contributed by atoms with E-state index < -0.39 is 0 Å². The van der Waals surface area contributed by atoms with Crippen LogP contribution in [0, 0.1) is 11.3 Å². The number of aliphatic hydroxyl groups excluding tert-OH is 1. The number of hydrogen-bond donors (Lipinski definition) is 1. The maximum atomic E-state index is 9.16. The lowest BCUT2D eigenvalue weighted by Gasteiger charge is -2.27. The van der Waals surface area contributed by atoms with E-state index in [9.17, 15) is 0 Å². The Balaban J connectivity index is 1.86. The fraction of sp³-hybridized carbons (Fsp3) is 0.333. The number of rotatable bonds is 2. The van der Waals surface area contributed by atoms with Crippen LogP contribution >= 0.6 is 0 Å². The smallest absolute Gasteiger partial charge is 0.162 e. The van der Waals surface area contributed by atoms with E-state index >= 15 is 0 Å². The third-order valence-electron chi connectivity index (χ3n) is 3.00. The second-order valence-electron chi connectivity index (χ2n) is 4.34. The molecule has 18 heavy (non-hydrogen) atoms. The van der Waals surface area contributed by atoms with E-state index in [0.29, 0.717) is 29.9 Å². The average molecular weight is 241 g/mol. The first-order chi connectivity index (χ1) is 8.76. The van der Waals surface area contributed by atoms with Crippen LogP contribution in [0.25, 0.3) is 5.65 Å². The van der Waals surface area contributed by atoms with Gasteiger partial charge in [0.2, 0.25) is 0 Å². The first-order valence-corrected chi connectivity index (χ1v) is 5.72. The van der Waals surface area contributed by atoms with E-state index in [4.69, 9.17) is 10.4 Å². The predicted octanol–water partition coefficient (Wildman–Crippen LogP) is 0.543. The molecule has 90 valence electrons. The summed E-state index contributed by atoms with van der Waals surface area (Å²) in [6.07, 6.45) is 4.39. The molecule has 0 unspecified atom stereocenters. The van der Waals surface area contributed by atoms with Crippen molar-refractivity contribution in [2.75, 3.05) is 0 Å². The van der Waals surface area contributed by atoms with Gasteiger partial charge in [-0.2, -0.15) is 10.4 Å². The second kappa shape index (κ2) is 4.20. The van der Waals surface area contributed by atoms with Gasteiger partial charge in [0.05, 0.1) is 18.3 Å². The summed E-state index contributed by atoms with van der Waals surface area (Å²) in [6.45, 7) is 0. The molecular weight excluding hydrogens is 230 g/mol. The van der Waals surface area contributed by atoms with Gasteiger partial charge in [-0.05, 0) is 25.0 Å². The van der Waals surface area contributed by atoms with Crippen LogP contribution in [0.2, 0.25) is 0 Å². The monoisotopic (exact) mass is 241 g/mol. The van der Waals surface area contributed by atoms with Crippen LogP contribution in [0.1, 0.15) is 24.2 Å². The molecule has 0 aliphatic heterocycles. The van der Waals surface area contributed by atoms with Crippen molar-refractivity contribution < 1.29 is 5.11 Å². The standard InChI is InChI=1S/C12H11N5O/c13-5-10-7-15-12-2-1-8(16-17(10)12)6-14-9-3-11(18)4-9/h1-2,6-7,9,11,18H,3-4H2/b14-6+/t9-,11+. The molecule has 2 aromatic rings. The summed E-state index contributed by atoms with van der Waals surface area (Å²) in [4.78, 5) is 8.40.